The summed E-state index contributed by atoms with van der Waals surface area (Å²) in [6.07, 6.45) is 0. The number of aryl methyl sites for hydroxylation is 2. The fraction of sp³-hybridized carbons (Fsp3) is 0.231. The molecule has 0 spiro atoms. The van der Waals surface area contributed by atoms with Crippen molar-refractivity contribution in [1.82, 2.24) is 0 Å². The van der Waals surface area contributed by atoms with Gasteiger partial charge in [-0.2, -0.15) is 0 Å². The SMILES string of the molecule is Cc1ccc(C(N)c2cc(Br)c(C)s2)c(Cl)c1. The summed E-state index contributed by atoms with van der Waals surface area (Å²) in [6.45, 7) is 4.09. The van der Waals surface area contributed by atoms with Crippen molar-refractivity contribution >= 4 is 38.9 Å². The van der Waals surface area contributed by atoms with E-state index in [1.54, 1.807) is 11.3 Å². The van der Waals surface area contributed by atoms with Gasteiger partial charge in [-0.1, -0.05) is 23.7 Å². The van der Waals surface area contributed by atoms with Gasteiger partial charge in [0.1, 0.15) is 0 Å². The normalized spacial score (nSPS) is 12.8. The Balaban J connectivity index is 2.39. The third-order valence-electron chi connectivity index (χ3n) is 2.67. The molecule has 2 N–H and O–H groups in total. The van der Waals surface area contributed by atoms with Crippen molar-refractivity contribution in [3.8, 4) is 0 Å². The third-order valence-corrected chi connectivity index (χ3v) is 5.22. The maximum absolute atomic E-state index is 6.25. The maximum Gasteiger partial charge on any atom is 0.0661 e. The molecule has 2 rings (SSSR count). The van der Waals surface area contributed by atoms with E-state index in [1.165, 1.54) is 4.88 Å². The first kappa shape index (κ1) is 13.1. The molecule has 0 radical (unpaired) electrons. The Hall–Kier alpha value is -0.350. The average molecular weight is 331 g/mol. The van der Waals surface area contributed by atoms with E-state index in [0.29, 0.717) is 0 Å². The summed E-state index contributed by atoms with van der Waals surface area (Å²) in [4.78, 5) is 2.36. The van der Waals surface area contributed by atoms with Crippen LogP contribution in [-0.4, -0.2) is 0 Å². The van der Waals surface area contributed by atoms with Crippen LogP contribution in [0.1, 0.15) is 26.9 Å². The van der Waals surface area contributed by atoms with E-state index in [4.69, 9.17) is 17.3 Å². The highest BCUT2D eigenvalue weighted by Crippen LogP contribution is 2.34. The van der Waals surface area contributed by atoms with Gasteiger partial charge in [0, 0.05) is 19.2 Å². The maximum atomic E-state index is 6.25. The molecule has 0 aliphatic carbocycles. The van der Waals surface area contributed by atoms with Gasteiger partial charge in [-0.15, -0.1) is 11.3 Å². The fourth-order valence-corrected chi connectivity index (χ4v) is 3.61. The molecule has 1 unspecified atom stereocenters. The second-order valence-electron chi connectivity index (χ2n) is 4.06. The predicted molar refractivity (Wildman–Crippen MR) is 79.0 cm³/mol. The molecule has 1 aromatic heterocycles. The van der Waals surface area contributed by atoms with E-state index in [9.17, 15) is 0 Å². The van der Waals surface area contributed by atoms with Crippen LogP contribution in [0.2, 0.25) is 5.02 Å². The molecule has 2 aromatic rings. The molecule has 1 heterocycles. The first-order chi connectivity index (χ1) is 7.99. The smallest absolute Gasteiger partial charge is 0.0661 e. The third kappa shape index (κ3) is 2.74. The Morgan fingerprint density at radius 1 is 1.29 bits per heavy atom. The largest absolute Gasteiger partial charge is 0.320 e. The lowest BCUT2D eigenvalue weighted by molar-refractivity contribution is 0.892. The van der Waals surface area contributed by atoms with Crippen molar-refractivity contribution < 1.29 is 0 Å². The zero-order valence-electron chi connectivity index (χ0n) is 9.63. The van der Waals surface area contributed by atoms with E-state index in [0.717, 1.165) is 25.5 Å². The van der Waals surface area contributed by atoms with Crippen LogP contribution in [0.3, 0.4) is 0 Å². The van der Waals surface area contributed by atoms with Crippen LogP contribution in [-0.2, 0) is 0 Å². The van der Waals surface area contributed by atoms with Crippen molar-refractivity contribution in [3.63, 3.8) is 0 Å². The average Bonchev–Trinajstić information content (AvgIpc) is 2.58. The number of hydrogen-bond donors (Lipinski definition) is 1. The van der Waals surface area contributed by atoms with Crippen molar-refractivity contribution in [2.75, 3.05) is 0 Å². The summed E-state index contributed by atoms with van der Waals surface area (Å²) in [5.74, 6) is 0. The Morgan fingerprint density at radius 3 is 2.53 bits per heavy atom. The van der Waals surface area contributed by atoms with Gasteiger partial charge in [-0.25, -0.2) is 0 Å². The van der Waals surface area contributed by atoms with Crippen LogP contribution >= 0.6 is 38.9 Å². The molecular formula is C13H13BrClNS. The lowest BCUT2D eigenvalue weighted by atomic mass is 10.0. The molecule has 0 fully saturated rings. The van der Waals surface area contributed by atoms with Crippen LogP contribution in [0.5, 0.6) is 0 Å². The minimum Gasteiger partial charge on any atom is -0.320 e. The van der Waals surface area contributed by atoms with E-state index < -0.39 is 0 Å². The van der Waals surface area contributed by atoms with Crippen LogP contribution in [0.15, 0.2) is 28.7 Å². The Kier molecular flexibility index (Phi) is 3.93. The predicted octanol–water partition coefficient (Wildman–Crippen LogP) is 4.83. The first-order valence-electron chi connectivity index (χ1n) is 5.26. The van der Waals surface area contributed by atoms with Gasteiger partial charge in [0.05, 0.1) is 6.04 Å². The lowest BCUT2D eigenvalue weighted by Gasteiger charge is -2.12. The van der Waals surface area contributed by atoms with Crippen molar-refractivity contribution in [2.24, 2.45) is 5.73 Å². The number of halogens is 2. The lowest BCUT2D eigenvalue weighted by Crippen LogP contribution is -2.10. The summed E-state index contributed by atoms with van der Waals surface area (Å²) in [7, 11) is 0. The number of hydrogen-bond acceptors (Lipinski definition) is 2. The summed E-state index contributed by atoms with van der Waals surface area (Å²) in [5, 5.41) is 0.736. The number of rotatable bonds is 2. The second-order valence-corrected chi connectivity index (χ2v) is 6.60. The van der Waals surface area contributed by atoms with Crippen molar-refractivity contribution in [2.45, 2.75) is 19.9 Å². The van der Waals surface area contributed by atoms with Crippen LogP contribution in [0, 0.1) is 13.8 Å². The minimum atomic E-state index is -0.155. The van der Waals surface area contributed by atoms with Gasteiger partial charge in [0.15, 0.2) is 0 Å². The topological polar surface area (TPSA) is 26.0 Å². The number of thiophene rings is 1. The van der Waals surface area contributed by atoms with E-state index in [1.807, 2.05) is 25.1 Å². The Bertz CT molecular complexity index is 531. The molecule has 0 bridgehead atoms. The standard InChI is InChI=1S/C13H13BrClNS/c1-7-3-4-9(11(15)5-7)13(16)12-6-10(14)8(2)17-12/h3-6,13H,16H2,1-2H3. The van der Waals surface area contributed by atoms with Crippen LogP contribution in [0.25, 0.3) is 0 Å². The van der Waals surface area contributed by atoms with Gasteiger partial charge in [-0.3, -0.25) is 0 Å². The highest BCUT2D eigenvalue weighted by Gasteiger charge is 2.15. The molecule has 0 saturated heterocycles. The highest BCUT2D eigenvalue weighted by molar-refractivity contribution is 9.10. The summed E-state index contributed by atoms with van der Waals surface area (Å²) in [5.41, 5.74) is 8.38. The van der Waals surface area contributed by atoms with E-state index in [2.05, 4.69) is 28.9 Å². The highest BCUT2D eigenvalue weighted by atomic mass is 79.9. The molecule has 0 amide bonds. The second kappa shape index (κ2) is 5.11. The van der Waals surface area contributed by atoms with Crippen molar-refractivity contribution in [1.29, 1.82) is 0 Å². The minimum absolute atomic E-state index is 0.155. The summed E-state index contributed by atoms with van der Waals surface area (Å²) >= 11 is 11.4. The molecule has 1 atom stereocenters. The van der Waals surface area contributed by atoms with Gasteiger partial charge in [0.25, 0.3) is 0 Å². The van der Waals surface area contributed by atoms with Gasteiger partial charge in [-0.05, 0) is 53.0 Å². The quantitative estimate of drug-likeness (QED) is 0.838. The zero-order valence-corrected chi connectivity index (χ0v) is 12.8. The van der Waals surface area contributed by atoms with Gasteiger partial charge in [0.2, 0.25) is 0 Å². The van der Waals surface area contributed by atoms with E-state index >= 15 is 0 Å². The van der Waals surface area contributed by atoms with Crippen LogP contribution < -0.4 is 5.73 Å². The molecule has 1 nitrogen and oxygen atoms in total. The Labute approximate surface area is 119 Å². The molecule has 0 saturated carbocycles. The first-order valence-corrected chi connectivity index (χ1v) is 7.25. The zero-order chi connectivity index (χ0) is 12.6. The molecule has 17 heavy (non-hydrogen) atoms. The Morgan fingerprint density at radius 2 is 2.00 bits per heavy atom. The summed E-state index contributed by atoms with van der Waals surface area (Å²) in [6, 6.07) is 7.91. The molecule has 4 heteroatoms. The molecular weight excluding hydrogens is 318 g/mol. The monoisotopic (exact) mass is 329 g/mol. The molecule has 0 aliphatic rings. The molecule has 90 valence electrons. The fourth-order valence-electron chi connectivity index (χ4n) is 1.67. The number of nitrogens with two attached hydrogens (primary N) is 1. The van der Waals surface area contributed by atoms with Gasteiger partial charge >= 0.3 is 0 Å². The summed E-state index contributed by atoms with van der Waals surface area (Å²) < 4.78 is 1.11. The number of benzene rings is 1. The van der Waals surface area contributed by atoms with Crippen LogP contribution in [0.4, 0.5) is 0 Å². The molecule has 0 aliphatic heterocycles. The van der Waals surface area contributed by atoms with Gasteiger partial charge < -0.3 is 5.73 Å². The van der Waals surface area contributed by atoms with E-state index in [-0.39, 0.29) is 6.04 Å². The van der Waals surface area contributed by atoms with Crippen molar-refractivity contribution in [3.05, 3.63) is 54.6 Å². The molecule has 1 aromatic carbocycles.